The Balaban J connectivity index is 1.66. The second kappa shape index (κ2) is 8.89. The summed E-state index contributed by atoms with van der Waals surface area (Å²) in [6.45, 7) is 4.47. The highest BCUT2D eigenvalue weighted by atomic mass is 32.2. The molecule has 0 saturated carbocycles. The van der Waals surface area contributed by atoms with Crippen molar-refractivity contribution < 1.29 is 18.7 Å². The van der Waals surface area contributed by atoms with E-state index < -0.39 is 0 Å². The minimum Gasteiger partial charge on any atom is -0.497 e. The van der Waals surface area contributed by atoms with Crippen LogP contribution >= 0.6 is 11.8 Å². The Kier molecular flexibility index (Phi) is 6.31. The quantitative estimate of drug-likeness (QED) is 0.608. The van der Waals surface area contributed by atoms with Crippen LogP contribution < -0.4 is 14.8 Å². The molecule has 0 unspecified atom stereocenters. The molecule has 2 aromatic carbocycles. The molecular weight excluding hydrogens is 374 g/mol. The van der Waals surface area contributed by atoms with Gasteiger partial charge in [0.05, 0.1) is 14.2 Å². The maximum Gasteiger partial charge on any atom is 0.287 e. The van der Waals surface area contributed by atoms with Gasteiger partial charge in [0.25, 0.3) is 5.91 Å². The number of benzene rings is 2. The summed E-state index contributed by atoms with van der Waals surface area (Å²) < 4.78 is 16.2. The maximum atomic E-state index is 12.4. The molecule has 0 fully saturated rings. The van der Waals surface area contributed by atoms with Gasteiger partial charge in [0, 0.05) is 17.5 Å². The van der Waals surface area contributed by atoms with Gasteiger partial charge in [0.2, 0.25) is 0 Å². The lowest BCUT2D eigenvalue weighted by Gasteiger charge is -2.09. The van der Waals surface area contributed by atoms with E-state index in [4.69, 9.17) is 13.9 Å². The number of methoxy groups -OCH3 is 2. The smallest absolute Gasteiger partial charge is 0.287 e. The fraction of sp³-hybridized carbons (Fsp3) is 0.227. The van der Waals surface area contributed by atoms with Crippen LogP contribution in [0, 0.1) is 13.8 Å². The first-order valence-corrected chi connectivity index (χ1v) is 9.66. The molecule has 28 heavy (non-hydrogen) atoms. The molecule has 0 saturated heterocycles. The Hall–Kier alpha value is -2.86. The zero-order chi connectivity index (χ0) is 20.1. The van der Waals surface area contributed by atoms with Gasteiger partial charge in [0.15, 0.2) is 10.9 Å². The molecule has 146 valence electrons. The fourth-order valence-electron chi connectivity index (χ4n) is 2.80. The predicted molar refractivity (Wildman–Crippen MR) is 109 cm³/mol. The van der Waals surface area contributed by atoms with Gasteiger partial charge >= 0.3 is 0 Å². The topological polar surface area (TPSA) is 60.7 Å². The van der Waals surface area contributed by atoms with Crippen molar-refractivity contribution in [2.24, 2.45) is 0 Å². The minimum absolute atomic E-state index is 0.268. The van der Waals surface area contributed by atoms with E-state index in [0.29, 0.717) is 23.1 Å². The highest BCUT2D eigenvalue weighted by molar-refractivity contribution is 7.99. The average molecular weight is 397 g/mol. The number of furan rings is 1. The molecule has 0 aliphatic heterocycles. The molecule has 1 heterocycles. The summed E-state index contributed by atoms with van der Waals surface area (Å²) in [5, 5.41) is 3.55. The number of rotatable bonds is 7. The highest BCUT2D eigenvalue weighted by Crippen LogP contribution is 2.34. The van der Waals surface area contributed by atoms with Crippen LogP contribution in [0.5, 0.6) is 11.5 Å². The Bertz CT molecular complexity index is 938. The summed E-state index contributed by atoms with van der Waals surface area (Å²) in [5.41, 5.74) is 3.24. The monoisotopic (exact) mass is 397 g/mol. The van der Waals surface area contributed by atoms with Gasteiger partial charge in [-0.15, -0.1) is 0 Å². The minimum atomic E-state index is -0.268. The summed E-state index contributed by atoms with van der Waals surface area (Å²) in [6.07, 6.45) is 0. The van der Waals surface area contributed by atoms with Gasteiger partial charge in [-0.1, -0.05) is 30.0 Å². The van der Waals surface area contributed by atoms with E-state index in [1.807, 2.05) is 24.3 Å². The van der Waals surface area contributed by atoms with E-state index in [2.05, 4.69) is 31.3 Å². The molecule has 0 radical (unpaired) electrons. The summed E-state index contributed by atoms with van der Waals surface area (Å²) in [5.74, 6) is 1.36. The summed E-state index contributed by atoms with van der Waals surface area (Å²) in [6, 6.07) is 15.2. The lowest BCUT2D eigenvalue weighted by Crippen LogP contribution is -2.22. The molecule has 0 aliphatic rings. The van der Waals surface area contributed by atoms with Crippen LogP contribution in [0.25, 0.3) is 0 Å². The number of hydrogen-bond donors (Lipinski definition) is 1. The van der Waals surface area contributed by atoms with Crippen LogP contribution in [0.1, 0.15) is 27.2 Å². The van der Waals surface area contributed by atoms with Gasteiger partial charge in [-0.25, -0.2) is 0 Å². The standard InChI is InChI=1S/C22H23NO4S/c1-14-6-5-7-15(2)21(14)28-20-9-8-19(27-20)22(24)23-13-16-10-17(25-3)12-18(11-16)26-4/h5-12H,13H2,1-4H3,(H,23,24). The molecule has 0 aliphatic carbocycles. The number of hydrogen-bond acceptors (Lipinski definition) is 5. The lowest BCUT2D eigenvalue weighted by molar-refractivity contribution is 0.0918. The first kappa shape index (κ1) is 19.9. The molecule has 1 aromatic heterocycles. The van der Waals surface area contributed by atoms with Gasteiger partial charge in [-0.05, 0) is 54.8 Å². The first-order chi connectivity index (χ1) is 13.5. The van der Waals surface area contributed by atoms with Crippen LogP contribution in [0.15, 0.2) is 62.9 Å². The predicted octanol–water partition coefficient (Wildman–Crippen LogP) is 4.99. The van der Waals surface area contributed by atoms with Crippen molar-refractivity contribution in [2.45, 2.75) is 30.4 Å². The number of amides is 1. The van der Waals surface area contributed by atoms with E-state index >= 15 is 0 Å². The SMILES string of the molecule is COc1cc(CNC(=O)c2ccc(Sc3c(C)cccc3C)o2)cc(OC)c1. The molecule has 5 nitrogen and oxygen atoms in total. The van der Waals surface area contributed by atoms with Crippen LogP contribution in [-0.2, 0) is 6.54 Å². The highest BCUT2D eigenvalue weighted by Gasteiger charge is 2.14. The maximum absolute atomic E-state index is 12.4. The zero-order valence-electron chi connectivity index (χ0n) is 16.4. The normalized spacial score (nSPS) is 10.6. The summed E-state index contributed by atoms with van der Waals surface area (Å²) in [7, 11) is 3.19. The number of aryl methyl sites for hydroxylation is 2. The molecule has 1 amide bonds. The van der Waals surface area contributed by atoms with Crippen LogP contribution in [-0.4, -0.2) is 20.1 Å². The Labute approximate surface area is 169 Å². The van der Waals surface area contributed by atoms with Crippen molar-refractivity contribution in [2.75, 3.05) is 14.2 Å². The van der Waals surface area contributed by atoms with Crippen molar-refractivity contribution in [3.05, 3.63) is 71.0 Å². The van der Waals surface area contributed by atoms with Gasteiger partial charge in [-0.3, -0.25) is 4.79 Å². The van der Waals surface area contributed by atoms with E-state index in [1.54, 1.807) is 26.4 Å². The largest absolute Gasteiger partial charge is 0.497 e. The first-order valence-electron chi connectivity index (χ1n) is 8.84. The number of carbonyl (C=O) groups is 1. The third-order valence-corrected chi connectivity index (χ3v) is 5.55. The molecule has 3 aromatic rings. The molecule has 0 bridgehead atoms. The Morgan fingerprint density at radius 1 is 1.00 bits per heavy atom. The van der Waals surface area contributed by atoms with Crippen molar-refractivity contribution in [1.82, 2.24) is 5.32 Å². The fourth-order valence-corrected chi connectivity index (χ4v) is 3.72. The van der Waals surface area contributed by atoms with Crippen molar-refractivity contribution in [3.8, 4) is 11.5 Å². The molecule has 0 atom stereocenters. The van der Waals surface area contributed by atoms with E-state index in [1.165, 1.54) is 22.9 Å². The van der Waals surface area contributed by atoms with E-state index in [0.717, 1.165) is 10.5 Å². The van der Waals surface area contributed by atoms with Crippen molar-refractivity contribution in [3.63, 3.8) is 0 Å². The average Bonchev–Trinajstić information content (AvgIpc) is 3.17. The van der Waals surface area contributed by atoms with E-state index in [-0.39, 0.29) is 11.7 Å². The number of nitrogens with one attached hydrogen (secondary N) is 1. The third-order valence-electron chi connectivity index (χ3n) is 4.28. The lowest BCUT2D eigenvalue weighted by atomic mass is 10.2. The molecule has 0 spiro atoms. The number of ether oxygens (including phenoxy) is 2. The second-order valence-corrected chi connectivity index (χ2v) is 7.36. The summed E-state index contributed by atoms with van der Waals surface area (Å²) >= 11 is 1.52. The van der Waals surface area contributed by atoms with Gasteiger partial charge < -0.3 is 19.2 Å². The third kappa shape index (κ3) is 4.70. The molecule has 1 N–H and O–H groups in total. The van der Waals surface area contributed by atoms with E-state index in [9.17, 15) is 4.79 Å². The van der Waals surface area contributed by atoms with Gasteiger partial charge in [-0.2, -0.15) is 0 Å². The van der Waals surface area contributed by atoms with Crippen LogP contribution in [0.2, 0.25) is 0 Å². The van der Waals surface area contributed by atoms with Crippen molar-refractivity contribution >= 4 is 17.7 Å². The Morgan fingerprint density at radius 3 is 2.25 bits per heavy atom. The van der Waals surface area contributed by atoms with Crippen LogP contribution in [0.3, 0.4) is 0 Å². The molecular formula is C22H23NO4S. The molecule has 6 heteroatoms. The number of carbonyl (C=O) groups excluding carboxylic acids is 1. The molecule has 3 rings (SSSR count). The van der Waals surface area contributed by atoms with Crippen LogP contribution in [0.4, 0.5) is 0 Å². The Morgan fingerprint density at radius 2 is 1.64 bits per heavy atom. The second-order valence-electron chi connectivity index (χ2n) is 6.35. The summed E-state index contributed by atoms with van der Waals surface area (Å²) in [4.78, 5) is 13.6. The van der Waals surface area contributed by atoms with Crippen molar-refractivity contribution in [1.29, 1.82) is 0 Å². The van der Waals surface area contributed by atoms with Gasteiger partial charge in [0.1, 0.15) is 11.5 Å². The zero-order valence-corrected chi connectivity index (χ0v) is 17.2.